The quantitative estimate of drug-likeness (QED) is 0.717. The zero-order chi connectivity index (χ0) is 10.9. The highest BCUT2D eigenvalue weighted by Crippen LogP contribution is 2.37. The van der Waals surface area contributed by atoms with Crippen LogP contribution in [0.15, 0.2) is 0 Å². The zero-order valence-corrected chi connectivity index (χ0v) is 8.82. The second-order valence-electron chi connectivity index (χ2n) is 4.90. The minimum Gasteiger partial charge on any atom is -0.306 e. The van der Waals surface area contributed by atoms with E-state index in [9.17, 15) is 13.2 Å². The molecule has 2 rings (SSSR count). The van der Waals surface area contributed by atoms with Gasteiger partial charge in [0.2, 0.25) is 0 Å². The highest BCUT2D eigenvalue weighted by Gasteiger charge is 2.45. The van der Waals surface area contributed by atoms with E-state index in [1.807, 2.05) is 0 Å². The second-order valence-corrected chi connectivity index (χ2v) is 4.90. The third-order valence-electron chi connectivity index (χ3n) is 3.88. The van der Waals surface area contributed by atoms with Crippen LogP contribution < -0.4 is 5.32 Å². The molecule has 2 fully saturated rings. The molecule has 0 aromatic carbocycles. The number of halogens is 3. The fraction of sp³-hybridized carbons (Fsp3) is 1.00. The molecule has 4 heteroatoms. The normalized spacial score (nSPS) is 34.6. The van der Waals surface area contributed by atoms with Crippen molar-refractivity contribution >= 4 is 0 Å². The van der Waals surface area contributed by atoms with E-state index in [0.717, 1.165) is 12.8 Å². The Labute approximate surface area is 88.4 Å². The van der Waals surface area contributed by atoms with E-state index in [0.29, 0.717) is 18.9 Å². The highest BCUT2D eigenvalue weighted by molar-refractivity contribution is 4.90. The lowest BCUT2D eigenvalue weighted by Crippen LogP contribution is -2.36. The largest absolute Gasteiger partial charge is 0.403 e. The van der Waals surface area contributed by atoms with Crippen molar-refractivity contribution in [2.45, 2.75) is 50.7 Å². The standard InChI is InChI=1S/C11H18F3N/c12-11(13,14)10-6-9(7-15-10)8-4-2-1-3-5-8/h8-10,15H,1-7H2/t9-,10+/m1/s1. The Morgan fingerprint density at radius 2 is 1.60 bits per heavy atom. The number of hydrogen-bond donors (Lipinski definition) is 1. The molecule has 0 unspecified atom stereocenters. The molecule has 1 saturated carbocycles. The summed E-state index contributed by atoms with van der Waals surface area (Å²) < 4.78 is 37.3. The van der Waals surface area contributed by atoms with Crippen LogP contribution in [-0.2, 0) is 0 Å². The number of rotatable bonds is 1. The molecular formula is C11H18F3N. The molecule has 1 aliphatic heterocycles. The minimum absolute atomic E-state index is 0.261. The van der Waals surface area contributed by atoms with E-state index in [-0.39, 0.29) is 5.92 Å². The lowest BCUT2D eigenvalue weighted by Gasteiger charge is -2.27. The van der Waals surface area contributed by atoms with Crippen molar-refractivity contribution in [1.82, 2.24) is 5.32 Å². The first-order chi connectivity index (χ1) is 7.07. The SMILES string of the molecule is FC(F)(F)[C@@H]1C[C@@H](C2CCCCC2)CN1. The van der Waals surface area contributed by atoms with Crippen LogP contribution in [0.25, 0.3) is 0 Å². The topological polar surface area (TPSA) is 12.0 Å². The summed E-state index contributed by atoms with van der Waals surface area (Å²) >= 11 is 0. The maximum absolute atomic E-state index is 12.4. The third kappa shape index (κ3) is 2.65. The molecule has 1 aliphatic carbocycles. The van der Waals surface area contributed by atoms with E-state index in [2.05, 4.69) is 5.32 Å². The molecule has 1 heterocycles. The summed E-state index contributed by atoms with van der Waals surface area (Å²) in [5.41, 5.74) is 0. The molecule has 2 atom stereocenters. The zero-order valence-electron chi connectivity index (χ0n) is 8.82. The fourth-order valence-electron chi connectivity index (χ4n) is 2.98. The summed E-state index contributed by atoms with van der Waals surface area (Å²) in [6.07, 6.45) is 2.19. The Morgan fingerprint density at radius 1 is 0.933 bits per heavy atom. The van der Waals surface area contributed by atoms with Gasteiger partial charge in [-0.1, -0.05) is 32.1 Å². The van der Waals surface area contributed by atoms with Crippen LogP contribution in [0.4, 0.5) is 13.2 Å². The molecule has 1 N–H and O–H groups in total. The maximum atomic E-state index is 12.4. The van der Waals surface area contributed by atoms with Gasteiger partial charge in [0.05, 0.1) is 0 Å². The van der Waals surface area contributed by atoms with Crippen LogP contribution in [0.5, 0.6) is 0 Å². The molecule has 0 bridgehead atoms. The number of hydrogen-bond acceptors (Lipinski definition) is 1. The molecule has 2 aliphatic rings. The molecule has 1 saturated heterocycles. The summed E-state index contributed by atoms with van der Waals surface area (Å²) in [4.78, 5) is 0. The minimum atomic E-state index is -4.05. The smallest absolute Gasteiger partial charge is 0.306 e. The molecule has 0 amide bonds. The summed E-state index contributed by atoms with van der Waals surface area (Å²) in [5, 5.41) is 2.62. The first kappa shape index (κ1) is 11.2. The Hall–Kier alpha value is -0.250. The van der Waals surface area contributed by atoms with Gasteiger partial charge in [0.15, 0.2) is 0 Å². The molecule has 0 aromatic rings. The fourth-order valence-corrected chi connectivity index (χ4v) is 2.98. The van der Waals surface area contributed by atoms with Gasteiger partial charge in [-0.3, -0.25) is 0 Å². The molecule has 88 valence electrons. The van der Waals surface area contributed by atoms with Gasteiger partial charge in [0.1, 0.15) is 6.04 Å². The van der Waals surface area contributed by atoms with Crippen LogP contribution in [0.3, 0.4) is 0 Å². The van der Waals surface area contributed by atoms with Gasteiger partial charge in [-0.2, -0.15) is 13.2 Å². The van der Waals surface area contributed by atoms with Crippen molar-refractivity contribution in [2.24, 2.45) is 11.8 Å². The van der Waals surface area contributed by atoms with Crippen molar-refractivity contribution in [1.29, 1.82) is 0 Å². The van der Waals surface area contributed by atoms with Crippen molar-refractivity contribution in [2.75, 3.05) is 6.54 Å². The predicted molar refractivity (Wildman–Crippen MR) is 52.5 cm³/mol. The summed E-state index contributed by atoms with van der Waals surface area (Å²) in [6.45, 7) is 0.564. The van der Waals surface area contributed by atoms with Gasteiger partial charge < -0.3 is 5.32 Å². The molecule has 0 aromatic heterocycles. The second kappa shape index (κ2) is 4.32. The van der Waals surface area contributed by atoms with Crippen molar-refractivity contribution in [3.8, 4) is 0 Å². The molecule has 15 heavy (non-hydrogen) atoms. The van der Waals surface area contributed by atoms with E-state index < -0.39 is 12.2 Å². The third-order valence-corrected chi connectivity index (χ3v) is 3.88. The van der Waals surface area contributed by atoms with Gasteiger partial charge in [-0.05, 0) is 24.8 Å². The summed E-state index contributed by atoms with van der Waals surface area (Å²) in [7, 11) is 0. The first-order valence-corrected chi connectivity index (χ1v) is 5.87. The monoisotopic (exact) mass is 221 g/mol. The Balaban J connectivity index is 1.86. The van der Waals surface area contributed by atoms with Gasteiger partial charge in [-0.15, -0.1) is 0 Å². The van der Waals surface area contributed by atoms with E-state index in [1.165, 1.54) is 19.3 Å². The van der Waals surface area contributed by atoms with Crippen molar-refractivity contribution in [3.05, 3.63) is 0 Å². The average Bonchev–Trinajstić information content (AvgIpc) is 2.67. The van der Waals surface area contributed by atoms with Crippen LogP contribution in [-0.4, -0.2) is 18.8 Å². The Morgan fingerprint density at radius 3 is 2.13 bits per heavy atom. The lowest BCUT2D eigenvalue weighted by atomic mass is 9.79. The molecular weight excluding hydrogens is 203 g/mol. The van der Waals surface area contributed by atoms with Crippen LogP contribution in [0, 0.1) is 11.8 Å². The number of alkyl halides is 3. The Kier molecular flexibility index (Phi) is 3.24. The van der Waals surface area contributed by atoms with Gasteiger partial charge in [0, 0.05) is 0 Å². The van der Waals surface area contributed by atoms with Crippen molar-refractivity contribution in [3.63, 3.8) is 0 Å². The summed E-state index contributed by atoms with van der Waals surface area (Å²) in [5.74, 6) is 0.801. The molecule has 0 spiro atoms. The lowest BCUT2D eigenvalue weighted by molar-refractivity contribution is -0.152. The van der Waals surface area contributed by atoms with E-state index in [4.69, 9.17) is 0 Å². The Bertz CT molecular complexity index is 208. The van der Waals surface area contributed by atoms with Gasteiger partial charge >= 0.3 is 6.18 Å². The van der Waals surface area contributed by atoms with Crippen molar-refractivity contribution < 1.29 is 13.2 Å². The van der Waals surface area contributed by atoms with Crippen LogP contribution in [0.1, 0.15) is 38.5 Å². The molecule has 0 radical (unpaired) electrons. The highest BCUT2D eigenvalue weighted by atomic mass is 19.4. The van der Waals surface area contributed by atoms with Crippen LogP contribution in [0.2, 0.25) is 0 Å². The molecule has 1 nitrogen and oxygen atoms in total. The van der Waals surface area contributed by atoms with E-state index >= 15 is 0 Å². The maximum Gasteiger partial charge on any atom is 0.403 e. The van der Waals surface area contributed by atoms with Gasteiger partial charge in [-0.25, -0.2) is 0 Å². The first-order valence-electron chi connectivity index (χ1n) is 5.87. The summed E-state index contributed by atoms with van der Waals surface area (Å²) in [6, 6.07) is -1.25. The predicted octanol–water partition coefficient (Wildman–Crippen LogP) is 3.11. The van der Waals surface area contributed by atoms with Crippen LogP contribution >= 0.6 is 0 Å². The van der Waals surface area contributed by atoms with E-state index in [1.54, 1.807) is 0 Å². The van der Waals surface area contributed by atoms with Gasteiger partial charge in [0.25, 0.3) is 0 Å². The average molecular weight is 221 g/mol. The number of nitrogens with one attached hydrogen (secondary N) is 1.